The first-order valence-corrected chi connectivity index (χ1v) is 11.6. The molecule has 1 aromatic rings. The average Bonchev–Trinajstić information content (AvgIpc) is 3.20. The van der Waals surface area contributed by atoms with Crippen molar-refractivity contribution in [3.05, 3.63) is 23.8 Å². The van der Waals surface area contributed by atoms with Crippen LogP contribution in [0, 0.1) is 22.7 Å². The van der Waals surface area contributed by atoms with Crippen molar-refractivity contribution in [2.24, 2.45) is 22.7 Å². The summed E-state index contributed by atoms with van der Waals surface area (Å²) in [6, 6.07) is 6.23. The highest BCUT2D eigenvalue weighted by Gasteiger charge is 2.68. The number of methoxy groups -OCH3 is 1. The molecule has 31 heavy (non-hydrogen) atoms. The van der Waals surface area contributed by atoms with E-state index in [4.69, 9.17) is 14.2 Å². The van der Waals surface area contributed by atoms with Gasteiger partial charge in [0.1, 0.15) is 0 Å². The number of aliphatic hydroxyl groups excluding tert-OH is 1. The number of nitrogens with one attached hydrogen (secondary N) is 1. The number of hydrogen-bond acceptors (Lipinski definition) is 5. The minimum absolute atomic E-state index is 0.0194. The minimum atomic E-state index is -0.116. The molecule has 1 spiro atoms. The van der Waals surface area contributed by atoms with Gasteiger partial charge in [-0.25, -0.2) is 0 Å². The number of hydrogen-bond donors (Lipinski definition) is 2. The van der Waals surface area contributed by atoms with Crippen molar-refractivity contribution in [3.63, 3.8) is 0 Å². The second-order valence-electron chi connectivity index (χ2n) is 10.4. The van der Waals surface area contributed by atoms with Gasteiger partial charge in [0, 0.05) is 19.1 Å². The van der Waals surface area contributed by atoms with Gasteiger partial charge in [-0.1, -0.05) is 19.9 Å². The van der Waals surface area contributed by atoms with E-state index in [0.29, 0.717) is 18.4 Å². The second kappa shape index (κ2) is 8.28. The molecule has 6 heteroatoms. The van der Waals surface area contributed by atoms with Crippen LogP contribution < -0.4 is 14.8 Å². The van der Waals surface area contributed by atoms with E-state index in [1.54, 1.807) is 7.11 Å². The number of aliphatic hydroxyl groups is 1. The van der Waals surface area contributed by atoms with Crippen molar-refractivity contribution < 1.29 is 24.1 Å². The predicted octanol–water partition coefficient (Wildman–Crippen LogP) is 3.86. The highest BCUT2D eigenvalue weighted by molar-refractivity contribution is 5.76. The van der Waals surface area contributed by atoms with Crippen LogP contribution in [0.5, 0.6) is 11.5 Å². The van der Waals surface area contributed by atoms with E-state index in [9.17, 15) is 9.90 Å². The molecule has 5 atom stereocenters. The first-order chi connectivity index (χ1) is 14.7. The van der Waals surface area contributed by atoms with E-state index in [1.165, 1.54) is 0 Å². The molecule has 1 saturated heterocycles. The standard InChI is InChI=1S/C25H37NO5/c1-15(2)31-19-7-6-16(12-20(19)29-5)22-18-13-17-14-25(18,9-11-30-22)23(24(17,3)4)26-21(28)8-10-27/h6-7,12,15,17-18,22-23,27H,8-11,13-14H2,1-5H3,(H,26,28)/t17-,18-,22-,23+,25-/m1/s1. The van der Waals surface area contributed by atoms with Crippen molar-refractivity contribution in [3.8, 4) is 11.5 Å². The fraction of sp³-hybridized carbons (Fsp3) is 0.720. The fourth-order valence-electron chi connectivity index (χ4n) is 6.66. The summed E-state index contributed by atoms with van der Waals surface area (Å²) in [6.45, 7) is 9.15. The summed E-state index contributed by atoms with van der Waals surface area (Å²) in [7, 11) is 1.67. The number of benzene rings is 1. The molecule has 1 amide bonds. The lowest BCUT2D eigenvalue weighted by Gasteiger charge is -2.53. The van der Waals surface area contributed by atoms with Gasteiger partial charge in [0.25, 0.3) is 0 Å². The molecule has 1 aromatic carbocycles. The lowest BCUT2D eigenvalue weighted by atomic mass is 9.59. The smallest absolute Gasteiger partial charge is 0.222 e. The number of carbonyl (C=O) groups excluding carboxylic acids is 1. The Balaban J connectivity index is 1.64. The first-order valence-electron chi connectivity index (χ1n) is 11.6. The predicted molar refractivity (Wildman–Crippen MR) is 118 cm³/mol. The van der Waals surface area contributed by atoms with Crippen LogP contribution >= 0.6 is 0 Å². The molecule has 0 aromatic heterocycles. The largest absolute Gasteiger partial charge is 0.493 e. The summed E-state index contributed by atoms with van der Waals surface area (Å²) in [5.41, 5.74) is 1.18. The van der Waals surface area contributed by atoms with E-state index >= 15 is 0 Å². The van der Waals surface area contributed by atoms with Gasteiger partial charge in [-0.2, -0.15) is 0 Å². The molecule has 2 N–H and O–H groups in total. The number of fused-ring (bicyclic) bond motifs is 1. The van der Waals surface area contributed by atoms with Crippen LogP contribution in [-0.2, 0) is 9.53 Å². The van der Waals surface area contributed by atoms with E-state index in [-0.39, 0.29) is 48.0 Å². The van der Waals surface area contributed by atoms with Gasteiger partial charge < -0.3 is 24.6 Å². The van der Waals surface area contributed by atoms with Crippen LogP contribution in [0.1, 0.15) is 65.0 Å². The molecule has 0 radical (unpaired) electrons. The maximum atomic E-state index is 12.5. The maximum Gasteiger partial charge on any atom is 0.222 e. The Morgan fingerprint density at radius 1 is 1.32 bits per heavy atom. The molecule has 3 aliphatic rings. The highest BCUT2D eigenvalue weighted by Crippen LogP contribution is 2.70. The molecule has 3 fully saturated rings. The van der Waals surface area contributed by atoms with Crippen molar-refractivity contribution >= 4 is 5.91 Å². The van der Waals surface area contributed by atoms with E-state index in [1.807, 2.05) is 19.9 Å². The van der Waals surface area contributed by atoms with Crippen LogP contribution in [0.3, 0.4) is 0 Å². The molecule has 1 aliphatic heterocycles. The van der Waals surface area contributed by atoms with Crippen LogP contribution in [0.2, 0.25) is 0 Å². The van der Waals surface area contributed by atoms with Gasteiger partial charge in [0.05, 0.1) is 25.9 Å². The van der Waals surface area contributed by atoms with Crippen molar-refractivity contribution in [1.29, 1.82) is 0 Å². The Bertz CT molecular complexity index is 822. The lowest BCUT2D eigenvalue weighted by Crippen LogP contribution is -2.59. The molecule has 2 saturated carbocycles. The number of rotatable bonds is 7. The fourth-order valence-corrected chi connectivity index (χ4v) is 6.66. The molecule has 1 heterocycles. The van der Waals surface area contributed by atoms with Crippen LogP contribution in [0.4, 0.5) is 0 Å². The third-order valence-electron chi connectivity index (χ3n) is 8.03. The SMILES string of the molecule is COc1cc([C@H]2OCC[C@@]34C[C@@H](C[C@H]23)C(C)(C)[C@@H]4NC(=O)CCO)ccc1OC(C)C. The van der Waals surface area contributed by atoms with Gasteiger partial charge >= 0.3 is 0 Å². The molecular formula is C25H37NO5. The quantitative estimate of drug-likeness (QED) is 0.685. The van der Waals surface area contributed by atoms with Crippen LogP contribution in [-0.4, -0.2) is 43.5 Å². The lowest BCUT2D eigenvalue weighted by molar-refractivity contribution is -0.137. The number of ether oxygens (including phenoxy) is 3. The number of carbonyl (C=O) groups is 1. The van der Waals surface area contributed by atoms with Crippen LogP contribution in [0.15, 0.2) is 18.2 Å². The second-order valence-corrected chi connectivity index (χ2v) is 10.4. The summed E-state index contributed by atoms with van der Waals surface area (Å²) < 4.78 is 17.9. The third-order valence-corrected chi connectivity index (χ3v) is 8.03. The molecule has 2 bridgehead atoms. The maximum absolute atomic E-state index is 12.5. The topological polar surface area (TPSA) is 77.0 Å². The number of amides is 1. The molecule has 2 aliphatic carbocycles. The first kappa shape index (κ1) is 22.4. The Kier molecular flexibility index (Phi) is 5.99. The third kappa shape index (κ3) is 3.72. The van der Waals surface area contributed by atoms with Gasteiger partial charge in [-0.15, -0.1) is 0 Å². The molecule has 6 nitrogen and oxygen atoms in total. The summed E-state index contributed by atoms with van der Waals surface area (Å²) >= 11 is 0. The van der Waals surface area contributed by atoms with Crippen molar-refractivity contribution in [2.75, 3.05) is 20.3 Å². The Labute approximate surface area is 185 Å². The zero-order valence-corrected chi connectivity index (χ0v) is 19.4. The van der Waals surface area contributed by atoms with Gasteiger partial charge in [-0.3, -0.25) is 4.79 Å². The normalized spacial score (nSPS) is 33.3. The van der Waals surface area contributed by atoms with E-state index in [0.717, 1.165) is 36.3 Å². The van der Waals surface area contributed by atoms with Gasteiger partial charge in [0.2, 0.25) is 5.91 Å². The summed E-state index contributed by atoms with van der Waals surface area (Å²) in [4.78, 5) is 12.5. The Morgan fingerprint density at radius 2 is 2.10 bits per heavy atom. The minimum Gasteiger partial charge on any atom is -0.493 e. The summed E-state index contributed by atoms with van der Waals surface area (Å²) in [5.74, 6) is 2.31. The van der Waals surface area contributed by atoms with Crippen LogP contribution in [0.25, 0.3) is 0 Å². The van der Waals surface area contributed by atoms with E-state index < -0.39 is 0 Å². The van der Waals surface area contributed by atoms with Gasteiger partial charge in [-0.05, 0) is 73.5 Å². The van der Waals surface area contributed by atoms with Crippen molar-refractivity contribution in [1.82, 2.24) is 5.32 Å². The molecule has 0 unspecified atom stereocenters. The Morgan fingerprint density at radius 3 is 2.77 bits per heavy atom. The zero-order valence-electron chi connectivity index (χ0n) is 19.4. The highest BCUT2D eigenvalue weighted by atomic mass is 16.5. The Hall–Kier alpha value is -1.79. The molecular weight excluding hydrogens is 394 g/mol. The summed E-state index contributed by atoms with van der Waals surface area (Å²) in [5, 5.41) is 12.5. The van der Waals surface area contributed by atoms with Crippen molar-refractivity contribution in [2.45, 2.75) is 71.6 Å². The zero-order chi connectivity index (χ0) is 22.4. The average molecular weight is 432 g/mol. The van der Waals surface area contributed by atoms with Gasteiger partial charge in [0.15, 0.2) is 11.5 Å². The molecule has 4 rings (SSSR count). The van der Waals surface area contributed by atoms with E-state index in [2.05, 4.69) is 31.3 Å². The monoisotopic (exact) mass is 431 g/mol. The summed E-state index contributed by atoms with van der Waals surface area (Å²) in [6.07, 6.45) is 3.41. The molecule has 172 valence electrons.